The van der Waals surface area contributed by atoms with Crippen molar-refractivity contribution in [1.29, 1.82) is 0 Å². The largest absolute Gasteiger partial charge is 0.480 e. The third-order valence-corrected chi connectivity index (χ3v) is 2.09. The van der Waals surface area contributed by atoms with Gasteiger partial charge in [0.25, 0.3) is 0 Å². The van der Waals surface area contributed by atoms with Gasteiger partial charge in [-0.25, -0.2) is 14.8 Å². The molecule has 1 rings (SSSR count). The van der Waals surface area contributed by atoms with Gasteiger partial charge in [-0.3, -0.25) is 0 Å². The molecule has 88 valence electrons. The maximum Gasteiger partial charge on any atom is 0.326 e. The van der Waals surface area contributed by atoms with E-state index < -0.39 is 12.0 Å². The molecule has 2 N–H and O–H groups in total. The molecule has 0 saturated heterocycles. The summed E-state index contributed by atoms with van der Waals surface area (Å²) in [4.78, 5) is 19.0. The zero-order valence-corrected chi connectivity index (χ0v) is 9.77. The fourth-order valence-electron chi connectivity index (χ4n) is 1.32. The smallest absolute Gasteiger partial charge is 0.326 e. The lowest BCUT2D eigenvalue weighted by molar-refractivity contribution is -0.138. The zero-order valence-electron chi connectivity index (χ0n) is 9.77. The molecule has 0 bridgehead atoms. The number of aliphatic carboxylic acids is 1. The fourth-order valence-corrected chi connectivity index (χ4v) is 1.32. The number of hydrogen-bond donors (Lipinski definition) is 2. The minimum absolute atomic E-state index is 0.305. The van der Waals surface area contributed by atoms with Crippen LogP contribution < -0.4 is 5.32 Å². The highest BCUT2D eigenvalue weighted by molar-refractivity contribution is 5.76. The van der Waals surface area contributed by atoms with Crippen LogP contribution >= 0.6 is 0 Å². The molecule has 0 aliphatic rings. The molecule has 0 spiro atoms. The van der Waals surface area contributed by atoms with Crippen molar-refractivity contribution in [2.45, 2.75) is 33.2 Å². The highest BCUT2D eigenvalue weighted by Crippen LogP contribution is 2.09. The van der Waals surface area contributed by atoms with Crippen molar-refractivity contribution in [2.75, 3.05) is 5.32 Å². The van der Waals surface area contributed by atoms with E-state index in [0.29, 0.717) is 18.3 Å². The van der Waals surface area contributed by atoms with Crippen molar-refractivity contribution in [1.82, 2.24) is 9.97 Å². The highest BCUT2D eigenvalue weighted by Gasteiger charge is 2.19. The molecule has 5 heteroatoms. The summed E-state index contributed by atoms with van der Waals surface area (Å²) in [5, 5.41) is 11.8. The Hall–Kier alpha value is -1.65. The van der Waals surface area contributed by atoms with Gasteiger partial charge in [-0.15, -0.1) is 0 Å². The summed E-state index contributed by atoms with van der Waals surface area (Å²) in [6.07, 6.45) is 3.86. The lowest BCUT2D eigenvalue weighted by Gasteiger charge is -2.16. The summed E-state index contributed by atoms with van der Waals surface area (Å²) >= 11 is 0. The van der Waals surface area contributed by atoms with Gasteiger partial charge < -0.3 is 10.4 Å². The number of anilines is 1. The van der Waals surface area contributed by atoms with Crippen LogP contribution in [0.15, 0.2) is 12.4 Å². The molecule has 0 fully saturated rings. The summed E-state index contributed by atoms with van der Waals surface area (Å²) in [6.45, 7) is 5.84. The monoisotopic (exact) mass is 223 g/mol. The Kier molecular flexibility index (Phi) is 4.22. The summed E-state index contributed by atoms with van der Waals surface area (Å²) in [5.41, 5.74) is 0.946. The summed E-state index contributed by atoms with van der Waals surface area (Å²) in [5.74, 6) is -0.212. The molecule has 0 radical (unpaired) electrons. The Morgan fingerprint density at radius 3 is 2.44 bits per heavy atom. The van der Waals surface area contributed by atoms with E-state index in [9.17, 15) is 4.79 Å². The predicted octanol–water partition coefficient (Wildman–Crippen LogP) is 1.70. The molecule has 1 heterocycles. The second kappa shape index (κ2) is 5.44. The molecule has 16 heavy (non-hydrogen) atoms. The standard InChI is InChI=1S/C11H17N3O2/c1-7(2)4-9(10(15)16)14-11-12-5-8(3)6-13-11/h5-7,9H,4H2,1-3H3,(H,15,16)(H,12,13,14). The average molecular weight is 223 g/mol. The van der Waals surface area contributed by atoms with Crippen molar-refractivity contribution in [2.24, 2.45) is 5.92 Å². The van der Waals surface area contributed by atoms with E-state index in [-0.39, 0.29) is 0 Å². The molecular weight excluding hydrogens is 206 g/mol. The van der Waals surface area contributed by atoms with Crippen molar-refractivity contribution in [3.05, 3.63) is 18.0 Å². The SMILES string of the molecule is Cc1cnc(NC(CC(C)C)C(=O)O)nc1. The van der Waals surface area contributed by atoms with Crippen LogP contribution in [-0.2, 0) is 4.79 Å². The Labute approximate surface area is 94.9 Å². The lowest BCUT2D eigenvalue weighted by Crippen LogP contribution is -2.31. The van der Waals surface area contributed by atoms with Crippen molar-refractivity contribution in [3.63, 3.8) is 0 Å². The highest BCUT2D eigenvalue weighted by atomic mass is 16.4. The molecule has 5 nitrogen and oxygen atoms in total. The van der Waals surface area contributed by atoms with Gasteiger partial charge >= 0.3 is 5.97 Å². The van der Waals surface area contributed by atoms with Gasteiger partial charge in [-0.05, 0) is 24.8 Å². The van der Waals surface area contributed by atoms with Crippen molar-refractivity contribution < 1.29 is 9.90 Å². The van der Waals surface area contributed by atoms with Gasteiger partial charge in [-0.2, -0.15) is 0 Å². The van der Waals surface area contributed by atoms with Gasteiger partial charge in [0.2, 0.25) is 5.95 Å². The first-order valence-corrected chi connectivity index (χ1v) is 5.27. The van der Waals surface area contributed by atoms with Crippen molar-refractivity contribution >= 4 is 11.9 Å². The number of hydrogen-bond acceptors (Lipinski definition) is 4. The van der Waals surface area contributed by atoms with Crippen LogP contribution in [0.5, 0.6) is 0 Å². The lowest BCUT2D eigenvalue weighted by atomic mass is 10.0. The molecule has 0 aliphatic carbocycles. The third-order valence-electron chi connectivity index (χ3n) is 2.09. The topological polar surface area (TPSA) is 75.1 Å². The number of carbonyl (C=O) groups is 1. The second-order valence-corrected chi connectivity index (χ2v) is 4.25. The van der Waals surface area contributed by atoms with Crippen LogP contribution in [0.1, 0.15) is 25.8 Å². The molecule has 0 aliphatic heterocycles. The number of nitrogens with zero attached hydrogens (tertiary/aromatic N) is 2. The van der Waals surface area contributed by atoms with Gasteiger partial charge in [0.15, 0.2) is 0 Å². The number of carboxylic acid groups (broad SMARTS) is 1. The van der Waals surface area contributed by atoms with E-state index in [4.69, 9.17) is 5.11 Å². The molecule has 1 aromatic rings. The third kappa shape index (κ3) is 3.84. The number of carboxylic acids is 1. The van der Waals surface area contributed by atoms with E-state index in [1.165, 1.54) is 0 Å². The molecule has 0 aromatic carbocycles. The van der Waals surface area contributed by atoms with Gasteiger partial charge in [0.05, 0.1) is 0 Å². The van der Waals surface area contributed by atoms with E-state index in [1.807, 2.05) is 20.8 Å². The van der Waals surface area contributed by atoms with E-state index >= 15 is 0 Å². The normalized spacial score (nSPS) is 12.5. The van der Waals surface area contributed by atoms with Gasteiger partial charge in [0.1, 0.15) is 6.04 Å². The predicted molar refractivity (Wildman–Crippen MR) is 61.3 cm³/mol. The zero-order chi connectivity index (χ0) is 12.1. The number of rotatable bonds is 5. The Morgan fingerprint density at radius 1 is 1.44 bits per heavy atom. The van der Waals surface area contributed by atoms with Crippen LogP contribution in [0.2, 0.25) is 0 Å². The van der Waals surface area contributed by atoms with Crippen LogP contribution in [-0.4, -0.2) is 27.1 Å². The van der Waals surface area contributed by atoms with E-state index in [2.05, 4.69) is 15.3 Å². The first-order chi connectivity index (χ1) is 7.49. The Morgan fingerprint density at radius 2 is 2.00 bits per heavy atom. The summed E-state index contributed by atoms with van der Waals surface area (Å²) in [6, 6.07) is -0.636. The van der Waals surface area contributed by atoms with Gasteiger partial charge in [0, 0.05) is 12.4 Å². The van der Waals surface area contributed by atoms with Crippen LogP contribution in [0, 0.1) is 12.8 Å². The number of aryl methyl sites for hydroxylation is 1. The number of aromatic nitrogens is 2. The van der Waals surface area contributed by atoms with Crippen molar-refractivity contribution in [3.8, 4) is 0 Å². The summed E-state index contributed by atoms with van der Waals surface area (Å²) < 4.78 is 0. The van der Waals surface area contributed by atoms with Crippen LogP contribution in [0.4, 0.5) is 5.95 Å². The Bertz CT molecular complexity index is 349. The fraction of sp³-hybridized carbons (Fsp3) is 0.545. The Balaban J connectivity index is 2.68. The first-order valence-electron chi connectivity index (χ1n) is 5.27. The van der Waals surface area contributed by atoms with Crippen LogP contribution in [0.25, 0.3) is 0 Å². The van der Waals surface area contributed by atoms with E-state index in [1.54, 1.807) is 12.4 Å². The quantitative estimate of drug-likeness (QED) is 0.794. The molecule has 1 unspecified atom stereocenters. The molecular formula is C11H17N3O2. The first kappa shape index (κ1) is 12.4. The maximum atomic E-state index is 11.0. The maximum absolute atomic E-state index is 11.0. The average Bonchev–Trinajstić information content (AvgIpc) is 2.19. The molecule has 1 aromatic heterocycles. The minimum atomic E-state index is -0.877. The van der Waals surface area contributed by atoms with Gasteiger partial charge in [-0.1, -0.05) is 13.8 Å². The molecule has 0 amide bonds. The second-order valence-electron chi connectivity index (χ2n) is 4.25. The number of nitrogens with one attached hydrogen (secondary N) is 1. The van der Waals surface area contributed by atoms with E-state index in [0.717, 1.165) is 5.56 Å². The molecule has 1 atom stereocenters. The minimum Gasteiger partial charge on any atom is -0.480 e. The summed E-state index contributed by atoms with van der Waals surface area (Å²) in [7, 11) is 0. The van der Waals surface area contributed by atoms with Crippen LogP contribution in [0.3, 0.4) is 0 Å². The molecule has 0 saturated carbocycles.